The predicted octanol–water partition coefficient (Wildman–Crippen LogP) is 3.37. The van der Waals surface area contributed by atoms with Crippen LogP contribution in [0, 0.1) is 6.92 Å². The van der Waals surface area contributed by atoms with Gasteiger partial charge in [0.15, 0.2) is 0 Å². The van der Waals surface area contributed by atoms with Crippen LogP contribution in [0.4, 0.5) is 0 Å². The van der Waals surface area contributed by atoms with Gasteiger partial charge in [0.1, 0.15) is 0 Å². The zero-order valence-electron chi connectivity index (χ0n) is 13.9. The first-order chi connectivity index (χ1) is 11.8. The highest BCUT2D eigenvalue weighted by molar-refractivity contribution is 7.85. The molecule has 25 heavy (non-hydrogen) atoms. The summed E-state index contributed by atoms with van der Waals surface area (Å²) in [6.45, 7) is 2.82. The van der Waals surface area contributed by atoms with Gasteiger partial charge in [0, 0.05) is 5.02 Å². The molecule has 0 saturated carbocycles. The number of halogens is 1. The molecule has 0 bridgehead atoms. The molecule has 1 heterocycles. The van der Waals surface area contributed by atoms with Crippen molar-refractivity contribution in [1.29, 1.82) is 0 Å². The zero-order valence-corrected chi connectivity index (χ0v) is 15.5. The van der Waals surface area contributed by atoms with Crippen molar-refractivity contribution in [2.24, 2.45) is 0 Å². The number of piperidine rings is 1. The molecule has 5 nitrogen and oxygen atoms in total. The van der Waals surface area contributed by atoms with E-state index in [1.54, 1.807) is 12.1 Å². The Morgan fingerprint density at radius 3 is 2.20 bits per heavy atom. The Labute approximate surface area is 153 Å². The van der Waals surface area contributed by atoms with E-state index in [1.165, 1.54) is 12.1 Å². The second kappa shape index (κ2) is 8.78. The number of aryl methyl sites for hydroxylation is 1. The fourth-order valence-electron chi connectivity index (χ4n) is 2.59. The number of hydrogen-bond acceptors (Lipinski definition) is 4. The lowest BCUT2D eigenvalue weighted by molar-refractivity contribution is 0.0965. The molecule has 1 aliphatic rings. The highest BCUT2D eigenvalue weighted by atomic mass is 35.5. The lowest BCUT2D eigenvalue weighted by atomic mass is 9.95. The molecular formula is C18H22ClNO4S. The second-order valence-corrected chi connectivity index (χ2v) is 7.84. The van der Waals surface area contributed by atoms with Crippen LogP contribution in [-0.4, -0.2) is 30.7 Å². The first kappa shape index (κ1) is 19.9. The zero-order chi connectivity index (χ0) is 18.4. The Balaban J connectivity index is 0.000000186. The van der Waals surface area contributed by atoms with Crippen LogP contribution < -0.4 is 5.32 Å². The summed E-state index contributed by atoms with van der Waals surface area (Å²) in [6, 6.07) is 13.7. The molecule has 0 amide bonds. The first-order valence-electron chi connectivity index (χ1n) is 7.98. The molecule has 2 aromatic carbocycles. The molecule has 1 aliphatic heterocycles. The third-order valence-electron chi connectivity index (χ3n) is 3.97. The van der Waals surface area contributed by atoms with E-state index in [9.17, 15) is 13.5 Å². The van der Waals surface area contributed by atoms with Crippen molar-refractivity contribution < 1.29 is 18.1 Å². The Kier molecular flexibility index (Phi) is 6.98. The number of rotatable bonds is 2. The molecule has 0 aliphatic carbocycles. The van der Waals surface area contributed by atoms with Crippen LogP contribution >= 0.6 is 11.6 Å². The van der Waals surface area contributed by atoms with Crippen molar-refractivity contribution >= 4 is 21.7 Å². The summed E-state index contributed by atoms with van der Waals surface area (Å²) >= 11 is 5.80. The maximum Gasteiger partial charge on any atom is 0.294 e. The van der Waals surface area contributed by atoms with Gasteiger partial charge in [0.2, 0.25) is 0 Å². The summed E-state index contributed by atoms with van der Waals surface area (Å²) in [6.07, 6.45) is 1.65. The van der Waals surface area contributed by atoms with Gasteiger partial charge in [0.25, 0.3) is 10.1 Å². The van der Waals surface area contributed by atoms with Crippen molar-refractivity contribution in [3.8, 4) is 0 Å². The molecule has 0 spiro atoms. The Bertz CT molecular complexity index is 776. The largest absolute Gasteiger partial charge is 0.391 e. The quantitative estimate of drug-likeness (QED) is 0.692. The van der Waals surface area contributed by atoms with Crippen molar-refractivity contribution in [1.82, 2.24) is 5.32 Å². The fraction of sp³-hybridized carbons (Fsp3) is 0.333. The molecule has 0 radical (unpaired) electrons. The van der Waals surface area contributed by atoms with E-state index in [-0.39, 0.29) is 17.0 Å². The maximum absolute atomic E-state index is 10.5. The van der Waals surface area contributed by atoms with Gasteiger partial charge < -0.3 is 10.4 Å². The lowest BCUT2D eigenvalue weighted by Crippen LogP contribution is -2.37. The summed E-state index contributed by atoms with van der Waals surface area (Å²) < 4.78 is 29.6. The minimum absolute atomic E-state index is 0.0666. The summed E-state index contributed by atoms with van der Waals surface area (Å²) in [5.74, 6) is 0. The average Bonchev–Trinajstić information content (AvgIpc) is 2.56. The Hall–Kier alpha value is -1.44. The fourth-order valence-corrected chi connectivity index (χ4v) is 3.20. The minimum atomic E-state index is -4.02. The smallest absolute Gasteiger partial charge is 0.294 e. The number of aliphatic hydroxyl groups is 1. The molecule has 3 N–H and O–H groups in total. The van der Waals surface area contributed by atoms with Crippen LogP contribution in [0.15, 0.2) is 53.4 Å². The Morgan fingerprint density at radius 1 is 1.08 bits per heavy atom. The molecule has 0 unspecified atom stereocenters. The minimum Gasteiger partial charge on any atom is -0.391 e. The molecule has 1 saturated heterocycles. The molecule has 2 aromatic rings. The third kappa shape index (κ3) is 6.09. The van der Waals surface area contributed by atoms with E-state index in [4.69, 9.17) is 16.2 Å². The van der Waals surface area contributed by atoms with Crippen LogP contribution in [0.3, 0.4) is 0 Å². The van der Waals surface area contributed by atoms with Crippen LogP contribution in [-0.2, 0) is 10.1 Å². The monoisotopic (exact) mass is 383 g/mol. The van der Waals surface area contributed by atoms with Gasteiger partial charge in [-0.15, -0.1) is 0 Å². The average molecular weight is 384 g/mol. The van der Waals surface area contributed by atoms with Gasteiger partial charge in [0.05, 0.1) is 17.0 Å². The number of benzene rings is 2. The number of nitrogens with one attached hydrogen (secondary N) is 1. The van der Waals surface area contributed by atoms with E-state index < -0.39 is 10.1 Å². The van der Waals surface area contributed by atoms with E-state index in [0.717, 1.165) is 35.5 Å². The van der Waals surface area contributed by atoms with Crippen molar-refractivity contribution in [3.63, 3.8) is 0 Å². The van der Waals surface area contributed by atoms with Crippen LogP contribution in [0.1, 0.15) is 30.0 Å². The van der Waals surface area contributed by atoms with Crippen LogP contribution in [0.5, 0.6) is 0 Å². The summed E-state index contributed by atoms with van der Waals surface area (Å²) in [4.78, 5) is -0.0666. The van der Waals surface area contributed by atoms with Crippen molar-refractivity contribution in [3.05, 3.63) is 64.7 Å². The van der Waals surface area contributed by atoms with E-state index >= 15 is 0 Å². The van der Waals surface area contributed by atoms with Gasteiger partial charge in [-0.1, -0.05) is 41.4 Å². The third-order valence-corrected chi connectivity index (χ3v) is 5.09. The molecular weight excluding hydrogens is 362 g/mol. The molecule has 0 aromatic heterocycles. The van der Waals surface area contributed by atoms with Gasteiger partial charge in [-0.05, 0) is 56.1 Å². The van der Waals surface area contributed by atoms with Crippen LogP contribution in [0.2, 0.25) is 5.02 Å². The first-order valence-corrected chi connectivity index (χ1v) is 9.80. The second-order valence-electron chi connectivity index (χ2n) is 5.98. The normalized spacial score (nSPS) is 20.5. The summed E-state index contributed by atoms with van der Waals surface area (Å²) in [5, 5.41) is 13.8. The molecule has 2 atom stereocenters. The van der Waals surface area contributed by atoms with E-state index in [0.29, 0.717) is 0 Å². The number of aliphatic hydroxyl groups excluding tert-OH is 1. The van der Waals surface area contributed by atoms with Gasteiger partial charge in [-0.3, -0.25) is 4.55 Å². The lowest BCUT2D eigenvalue weighted by Gasteiger charge is -2.29. The maximum atomic E-state index is 10.5. The van der Waals surface area contributed by atoms with Gasteiger partial charge >= 0.3 is 0 Å². The topological polar surface area (TPSA) is 86.6 Å². The molecule has 7 heteroatoms. The number of hydrogen-bond donors (Lipinski definition) is 3. The van der Waals surface area contributed by atoms with E-state index in [1.807, 2.05) is 31.2 Å². The van der Waals surface area contributed by atoms with Gasteiger partial charge in [-0.2, -0.15) is 8.42 Å². The molecule has 136 valence electrons. The van der Waals surface area contributed by atoms with Crippen molar-refractivity contribution in [2.45, 2.75) is 36.8 Å². The van der Waals surface area contributed by atoms with Crippen LogP contribution in [0.25, 0.3) is 0 Å². The Morgan fingerprint density at radius 2 is 1.68 bits per heavy atom. The molecule has 3 rings (SSSR count). The SMILES string of the molecule is Cc1ccc(S(=O)(=O)O)cc1.O[C@@H]1CCCN[C@@H]1c1ccc(Cl)cc1. The predicted molar refractivity (Wildman–Crippen MR) is 98.4 cm³/mol. The van der Waals surface area contributed by atoms with Crippen molar-refractivity contribution in [2.75, 3.05) is 6.54 Å². The summed E-state index contributed by atoms with van der Waals surface area (Å²) in [7, 11) is -4.02. The van der Waals surface area contributed by atoms with E-state index in [2.05, 4.69) is 5.32 Å². The highest BCUT2D eigenvalue weighted by Gasteiger charge is 2.23. The van der Waals surface area contributed by atoms with Gasteiger partial charge in [-0.25, -0.2) is 0 Å². The standard InChI is InChI=1S/C11H14ClNO.C7H8O3S/c12-9-5-3-8(4-6-9)11-10(14)2-1-7-13-11;1-6-2-4-7(5-3-6)11(8,9)10/h3-6,10-11,13-14H,1-2,7H2;2-5H,1H3,(H,8,9,10)/t10-,11-;/m1./s1. The molecule has 1 fully saturated rings. The highest BCUT2D eigenvalue weighted by Crippen LogP contribution is 2.24. The summed E-state index contributed by atoms with van der Waals surface area (Å²) in [5.41, 5.74) is 2.07.